The highest BCUT2D eigenvalue weighted by atomic mass is 35.5. The van der Waals surface area contributed by atoms with E-state index in [1.807, 2.05) is 42.6 Å². The van der Waals surface area contributed by atoms with E-state index in [1.165, 1.54) is 19.3 Å². The van der Waals surface area contributed by atoms with Crippen molar-refractivity contribution in [1.29, 1.82) is 0 Å². The molecule has 3 heterocycles. The Morgan fingerprint density at radius 3 is 2.67 bits per heavy atom. The minimum Gasteiger partial charge on any atom is -0.378 e. The number of hydrogen-bond acceptors (Lipinski definition) is 5. The van der Waals surface area contributed by atoms with Gasteiger partial charge in [0.15, 0.2) is 0 Å². The smallest absolute Gasteiger partial charge is 0.141 e. The molecule has 5 rings (SSSR count). The van der Waals surface area contributed by atoms with Crippen LogP contribution in [0.25, 0.3) is 0 Å². The lowest BCUT2D eigenvalue weighted by atomic mass is 9.71. The Balaban J connectivity index is 1.76. The van der Waals surface area contributed by atoms with Gasteiger partial charge in [0.25, 0.3) is 0 Å². The van der Waals surface area contributed by atoms with E-state index in [-0.39, 0.29) is 5.92 Å². The molecule has 33 heavy (non-hydrogen) atoms. The summed E-state index contributed by atoms with van der Waals surface area (Å²) in [5.74, 6) is 9.43. The van der Waals surface area contributed by atoms with Crippen LogP contribution in [0, 0.1) is 23.7 Å². The normalized spacial score (nSPS) is 26.9. The molecule has 6 heteroatoms. The standard InChI is InChI=1S/C27H30ClNOS3/c1-2-3-9-21(19-8-6-14-29-18-19)27(31-15-7-16-32-27)26(30)22-10-4-5-11-24(22)33-25-13-12-20(28)17-23(25)26/h4-5,10-13,17,19,21,29-30H,6-9,14-16,18H2,1H3. The Hall–Kier alpha value is -0.740. The summed E-state index contributed by atoms with van der Waals surface area (Å²) in [5.41, 5.74) is 0.825. The molecule has 0 amide bonds. The number of fused-ring (bicyclic) bond motifs is 2. The molecule has 3 unspecified atom stereocenters. The van der Waals surface area contributed by atoms with Gasteiger partial charge < -0.3 is 10.4 Å². The van der Waals surface area contributed by atoms with Crippen molar-refractivity contribution in [3.05, 3.63) is 58.6 Å². The molecule has 3 atom stereocenters. The van der Waals surface area contributed by atoms with Crippen LogP contribution in [0.1, 0.15) is 43.7 Å². The lowest BCUT2D eigenvalue weighted by Crippen LogP contribution is -2.58. The summed E-state index contributed by atoms with van der Waals surface area (Å²) in [6.07, 6.45) is 4.33. The van der Waals surface area contributed by atoms with Crippen molar-refractivity contribution < 1.29 is 5.11 Å². The Bertz CT molecular complexity index is 1070. The molecule has 0 bridgehead atoms. The van der Waals surface area contributed by atoms with Gasteiger partial charge in [-0.2, -0.15) is 0 Å². The predicted molar refractivity (Wildman–Crippen MR) is 144 cm³/mol. The second kappa shape index (κ2) is 10.1. The first-order chi connectivity index (χ1) is 16.1. The van der Waals surface area contributed by atoms with Gasteiger partial charge in [-0.3, -0.25) is 0 Å². The van der Waals surface area contributed by atoms with E-state index in [4.69, 9.17) is 11.6 Å². The highest BCUT2D eigenvalue weighted by molar-refractivity contribution is 8.19. The third kappa shape index (κ3) is 4.15. The Kier molecular flexibility index (Phi) is 7.33. The van der Waals surface area contributed by atoms with Gasteiger partial charge in [0.1, 0.15) is 9.68 Å². The zero-order chi connectivity index (χ0) is 22.9. The quantitative estimate of drug-likeness (QED) is 0.446. The first kappa shape index (κ1) is 24.0. The average Bonchev–Trinajstić information content (AvgIpc) is 2.86. The second-order valence-corrected chi connectivity index (χ2v) is 13.5. The van der Waals surface area contributed by atoms with Gasteiger partial charge in [0, 0.05) is 38.3 Å². The number of rotatable bonds is 4. The molecule has 3 aliphatic rings. The van der Waals surface area contributed by atoms with E-state index in [9.17, 15) is 5.11 Å². The molecule has 2 N–H and O–H groups in total. The molecule has 2 fully saturated rings. The highest BCUT2D eigenvalue weighted by Crippen LogP contribution is 2.66. The molecule has 2 aromatic carbocycles. The average molecular weight is 516 g/mol. The minimum atomic E-state index is -1.15. The zero-order valence-electron chi connectivity index (χ0n) is 18.9. The predicted octanol–water partition coefficient (Wildman–Crippen LogP) is 6.64. The van der Waals surface area contributed by atoms with E-state index in [0.29, 0.717) is 10.9 Å². The maximum Gasteiger partial charge on any atom is 0.141 e. The lowest BCUT2D eigenvalue weighted by Gasteiger charge is -2.56. The van der Waals surface area contributed by atoms with Gasteiger partial charge in [-0.25, -0.2) is 0 Å². The van der Waals surface area contributed by atoms with Crippen molar-refractivity contribution in [1.82, 2.24) is 5.32 Å². The van der Waals surface area contributed by atoms with Crippen molar-refractivity contribution in [3.8, 4) is 11.8 Å². The summed E-state index contributed by atoms with van der Waals surface area (Å²) < 4.78 is -0.435. The maximum absolute atomic E-state index is 13.2. The van der Waals surface area contributed by atoms with Crippen LogP contribution in [-0.4, -0.2) is 33.8 Å². The zero-order valence-corrected chi connectivity index (χ0v) is 22.1. The van der Waals surface area contributed by atoms with Gasteiger partial charge in [-0.15, -0.1) is 35.4 Å². The number of piperidine rings is 1. The van der Waals surface area contributed by atoms with E-state index in [0.717, 1.165) is 51.9 Å². The molecule has 0 saturated carbocycles. The largest absolute Gasteiger partial charge is 0.378 e. The summed E-state index contributed by atoms with van der Waals surface area (Å²) in [6, 6.07) is 14.5. The van der Waals surface area contributed by atoms with Gasteiger partial charge in [0.2, 0.25) is 0 Å². The van der Waals surface area contributed by atoms with Crippen molar-refractivity contribution >= 4 is 46.9 Å². The van der Waals surface area contributed by atoms with E-state index in [1.54, 1.807) is 11.8 Å². The molecule has 2 saturated heterocycles. The molecule has 2 nitrogen and oxygen atoms in total. The molecule has 0 radical (unpaired) electrons. The summed E-state index contributed by atoms with van der Waals surface area (Å²) in [6.45, 7) is 4.01. The monoisotopic (exact) mass is 515 g/mol. The molecular weight excluding hydrogens is 486 g/mol. The van der Waals surface area contributed by atoms with Gasteiger partial charge >= 0.3 is 0 Å². The van der Waals surface area contributed by atoms with Crippen LogP contribution in [0.3, 0.4) is 0 Å². The van der Waals surface area contributed by atoms with Crippen LogP contribution < -0.4 is 5.32 Å². The number of halogens is 1. The van der Waals surface area contributed by atoms with Crippen LogP contribution >= 0.6 is 46.9 Å². The summed E-state index contributed by atoms with van der Waals surface area (Å²) in [5, 5.41) is 17.5. The van der Waals surface area contributed by atoms with Crippen molar-refractivity contribution in [3.63, 3.8) is 0 Å². The maximum atomic E-state index is 13.2. The second-order valence-electron chi connectivity index (χ2n) is 9.01. The molecule has 2 aromatic rings. The number of aliphatic hydroxyl groups is 1. The topological polar surface area (TPSA) is 32.3 Å². The SMILES string of the molecule is CC#CCC(C1CCCNC1)C1(C2(O)c3ccccc3Sc3ccc(Cl)cc32)SCCCS1. The van der Waals surface area contributed by atoms with Crippen LogP contribution in [0.4, 0.5) is 0 Å². The van der Waals surface area contributed by atoms with Crippen molar-refractivity contribution in [2.75, 3.05) is 24.6 Å². The van der Waals surface area contributed by atoms with Gasteiger partial charge in [-0.1, -0.05) is 41.6 Å². The molecular formula is C27H30ClNOS3. The Morgan fingerprint density at radius 2 is 1.91 bits per heavy atom. The minimum absolute atomic E-state index is 0.251. The first-order valence-electron chi connectivity index (χ1n) is 11.8. The summed E-state index contributed by atoms with van der Waals surface area (Å²) >= 11 is 12.2. The summed E-state index contributed by atoms with van der Waals surface area (Å²) in [7, 11) is 0. The van der Waals surface area contributed by atoms with Crippen LogP contribution in [0.2, 0.25) is 5.02 Å². The van der Waals surface area contributed by atoms with Crippen molar-refractivity contribution in [2.24, 2.45) is 11.8 Å². The van der Waals surface area contributed by atoms with Crippen LogP contribution in [-0.2, 0) is 5.60 Å². The fraction of sp³-hybridized carbons (Fsp3) is 0.481. The third-order valence-electron chi connectivity index (χ3n) is 7.15. The number of hydrogen-bond donors (Lipinski definition) is 2. The third-order valence-corrected chi connectivity index (χ3v) is 12.3. The Morgan fingerprint density at radius 1 is 1.12 bits per heavy atom. The van der Waals surface area contributed by atoms with E-state index in [2.05, 4.69) is 47.5 Å². The summed E-state index contributed by atoms with van der Waals surface area (Å²) in [4.78, 5) is 2.25. The van der Waals surface area contributed by atoms with E-state index < -0.39 is 9.68 Å². The molecule has 3 aliphatic heterocycles. The highest BCUT2D eigenvalue weighted by Gasteiger charge is 2.62. The van der Waals surface area contributed by atoms with Crippen LogP contribution in [0.15, 0.2) is 52.3 Å². The lowest BCUT2D eigenvalue weighted by molar-refractivity contribution is 0.0271. The Labute approximate surface area is 215 Å². The molecule has 0 spiro atoms. The van der Waals surface area contributed by atoms with Crippen molar-refractivity contribution in [2.45, 2.75) is 52.1 Å². The van der Waals surface area contributed by atoms with E-state index >= 15 is 0 Å². The number of benzene rings is 2. The number of nitrogens with one attached hydrogen (secondary N) is 1. The molecule has 0 aromatic heterocycles. The van der Waals surface area contributed by atoms with Crippen LogP contribution in [0.5, 0.6) is 0 Å². The van der Waals surface area contributed by atoms with Gasteiger partial charge in [0.05, 0.1) is 0 Å². The molecule has 174 valence electrons. The molecule has 0 aliphatic carbocycles. The fourth-order valence-corrected chi connectivity index (χ4v) is 11.0. The first-order valence-corrected chi connectivity index (χ1v) is 14.9. The van der Waals surface area contributed by atoms with Gasteiger partial charge in [-0.05, 0) is 81.0 Å². The number of thioether (sulfide) groups is 2. The fourth-order valence-electron chi connectivity index (χ4n) is 5.65.